The van der Waals surface area contributed by atoms with E-state index in [0.29, 0.717) is 12.8 Å². The highest BCUT2D eigenvalue weighted by Crippen LogP contribution is 2.27. The van der Waals surface area contributed by atoms with Crippen LogP contribution in [0.1, 0.15) is 65.4 Å². The van der Waals surface area contributed by atoms with Crippen molar-refractivity contribution in [1.29, 1.82) is 0 Å². The number of benzene rings is 1. The fraction of sp³-hybridized carbons (Fsp3) is 0.579. The first kappa shape index (κ1) is 19.3. The van der Waals surface area contributed by atoms with Crippen LogP contribution < -0.4 is 0 Å². The van der Waals surface area contributed by atoms with Gasteiger partial charge in [0.25, 0.3) is 0 Å². The number of hydrogen-bond donors (Lipinski definition) is 0. The first-order valence-corrected chi connectivity index (χ1v) is 8.08. The molecule has 4 heteroatoms. The Kier molecular flexibility index (Phi) is 6.92. The van der Waals surface area contributed by atoms with E-state index in [1.807, 2.05) is 34.6 Å². The summed E-state index contributed by atoms with van der Waals surface area (Å²) in [5.74, 6) is -0.619. The van der Waals surface area contributed by atoms with Crippen LogP contribution in [0.3, 0.4) is 0 Å². The van der Waals surface area contributed by atoms with Gasteiger partial charge in [-0.1, -0.05) is 26.0 Å². The van der Waals surface area contributed by atoms with Gasteiger partial charge in [0.2, 0.25) is 0 Å². The van der Waals surface area contributed by atoms with Crippen molar-refractivity contribution in [2.75, 3.05) is 0 Å². The number of Topliss-reactive ketones (excluding diaryl/α,β-unsaturated/α-hetero) is 1. The molecule has 0 amide bonds. The van der Waals surface area contributed by atoms with Gasteiger partial charge in [-0.15, -0.1) is 0 Å². The van der Waals surface area contributed by atoms with Gasteiger partial charge in [0.15, 0.2) is 0 Å². The number of esters is 1. The zero-order chi connectivity index (χ0) is 17.6. The van der Waals surface area contributed by atoms with Crippen LogP contribution in [0, 0.1) is 11.7 Å². The Morgan fingerprint density at radius 3 is 2.17 bits per heavy atom. The van der Waals surface area contributed by atoms with Gasteiger partial charge in [0.05, 0.1) is 6.42 Å². The highest BCUT2D eigenvalue weighted by molar-refractivity contribution is 5.80. The van der Waals surface area contributed by atoms with Crippen LogP contribution in [-0.4, -0.2) is 17.4 Å². The summed E-state index contributed by atoms with van der Waals surface area (Å²) in [6, 6.07) is 6.10. The van der Waals surface area contributed by atoms with Gasteiger partial charge in [-0.25, -0.2) is 4.39 Å². The summed E-state index contributed by atoms with van der Waals surface area (Å²) in [5, 5.41) is 0. The highest BCUT2D eigenvalue weighted by Gasteiger charge is 2.22. The lowest BCUT2D eigenvalue weighted by molar-refractivity contribution is -0.155. The van der Waals surface area contributed by atoms with Crippen LogP contribution in [0.4, 0.5) is 4.39 Å². The van der Waals surface area contributed by atoms with Crippen molar-refractivity contribution in [2.24, 2.45) is 5.92 Å². The maximum absolute atomic E-state index is 13.1. The van der Waals surface area contributed by atoms with E-state index in [9.17, 15) is 14.0 Å². The van der Waals surface area contributed by atoms with Crippen molar-refractivity contribution < 1.29 is 18.7 Å². The largest absolute Gasteiger partial charge is 0.460 e. The third-order valence-corrected chi connectivity index (χ3v) is 3.56. The molecule has 0 heterocycles. The number of halogens is 1. The number of carbonyl (C=O) groups is 2. The van der Waals surface area contributed by atoms with Crippen LogP contribution in [-0.2, 0) is 14.3 Å². The van der Waals surface area contributed by atoms with Gasteiger partial charge in [0.1, 0.15) is 17.2 Å². The number of rotatable bonds is 7. The molecule has 3 nitrogen and oxygen atoms in total. The molecular formula is C19H27FO3. The molecule has 0 aliphatic rings. The molecule has 1 aromatic carbocycles. The Morgan fingerprint density at radius 1 is 1.13 bits per heavy atom. The van der Waals surface area contributed by atoms with E-state index in [2.05, 4.69) is 0 Å². The average molecular weight is 322 g/mol. The van der Waals surface area contributed by atoms with Crippen molar-refractivity contribution in [3.8, 4) is 0 Å². The maximum Gasteiger partial charge on any atom is 0.306 e. The minimum atomic E-state index is -0.543. The van der Waals surface area contributed by atoms with E-state index < -0.39 is 5.60 Å². The first-order chi connectivity index (χ1) is 10.6. The fourth-order valence-electron chi connectivity index (χ4n) is 2.31. The van der Waals surface area contributed by atoms with E-state index in [4.69, 9.17) is 4.74 Å². The van der Waals surface area contributed by atoms with E-state index >= 15 is 0 Å². The smallest absolute Gasteiger partial charge is 0.306 e. The van der Waals surface area contributed by atoms with E-state index in [1.54, 1.807) is 12.1 Å². The van der Waals surface area contributed by atoms with Crippen LogP contribution in [0.25, 0.3) is 0 Å². The van der Waals surface area contributed by atoms with E-state index in [1.165, 1.54) is 12.1 Å². The Balaban J connectivity index is 2.81. The quantitative estimate of drug-likeness (QED) is 0.686. The third-order valence-electron chi connectivity index (χ3n) is 3.56. The minimum absolute atomic E-state index is 0.0228. The first-order valence-electron chi connectivity index (χ1n) is 8.08. The monoisotopic (exact) mass is 322 g/mol. The van der Waals surface area contributed by atoms with Crippen molar-refractivity contribution in [3.05, 3.63) is 35.6 Å². The molecule has 1 atom stereocenters. The van der Waals surface area contributed by atoms with Gasteiger partial charge < -0.3 is 4.74 Å². The second-order valence-electron chi connectivity index (χ2n) is 7.20. The fourth-order valence-corrected chi connectivity index (χ4v) is 2.31. The zero-order valence-corrected chi connectivity index (χ0v) is 14.7. The highest BCUT2D eigenvalue weighted by atomic mass is 19.1. The van der Waals surface area contributed by atoms with Crippen LogP contribution in [0.2, 0.25) is 0 Å². The lowest BCUT2D eigenvalue weighted by Crippen LogP contribution is -2.25. The Bertz CT molecular complexity index is 527. The van der Waals surface area contributed by atoms with Crippen LogP contribution in [0.5, 0.6) is 0 Å². The molecule has 0 N–H and O–H groups in total. The van der Waals surface area contributed by atoms with Gasteiger partial charge in [-0.05, 0) is 50.8 Å². The SMILES string of the molecule is CC(C)C(=O)CC[C@H](CC(=O)OC(C)(C)C)c1ccc(F)cc1. The van der Waals surface area contributed by atoms with Crippen molar-refractivity contribution in [3.63, 3.8) is 0 Å². The lowest BCUT2D eigenvalue weighted by atomic mass is 9.89. The Hall–Kier alpha value is -1.71. The number of ether oxygens (including phenoxy) is 1. The molecule has 0 bridgehead atoms. The molecule has 0 saturated carbocycles. The summed E-state index contributed by atoms with van der Waals surface area (Å²) in [7, 11) is 0. The van der Waals surface area contributed by atoms with E-state index in [0.717, 1.165) is 5.56 Å². The minimum Gasteiger partial charge on any atom is -0.460 e. The van der Waals surface area contributed by atoms with Gasteiger partial charge >= 0.3 is 5.97 Å². The van der Waals surface area contributed by atoms with Crippen molar-refractivity contribution in [1.82, 2.24) is 0 Å². The summed E-state index contributed by atoms with van der Waals surface area (Å²) < 4.78 is 18.5. The normalized spacial score (nSPS) is 13.0. The summed E-state index contributed by atoms with van der Waals surface area (Å²) in [5.41, 5.74) is 0.312. The van der Waals surface area contributed by atoms with Crippen LogP contribution in [0.15, 0.2) is 24.3 Å². The molecule has 0 spiro atoms. The molecule has 0 saturated heterocycles. The predicted molar refractivity (Wildman–Crippen MR) is 88.7 cm³/mol. The summed E-state index contributed by atoms with van der Waals surface area (Å²) in [6.45, 7) is 9.19. The third kappa shape index (κ3) is 7.40. The number of ketones is 1. The molecule has 0 radical (unpaired) electrons. The molecule has 0 fully saturated rings. The molecule has 0 aliphatic heterocycles. The molecule has 23 heavy (non-hydrogen) atoms. The van der Waals surface area contributed by atoms with Gasteiger partial charge in [0, 0.05) is 12.3 Å². The molecule has 0 aromatic heterocycles. The Labute approximate surface area is 138 Å². The van der Waals surface area contributed by atoms with Crippen LogP contribution >= 0.6 is 0 Å². The summed E-state index contributed by atoms with van der Waals surface area (Å²) in [4.78, 5) is 24.0. The second-order valence-corrected chi connectivity index (χ2v) is 7.20. The van der Waals surface area contributed by atoms with E-state index in [-0.39, 0.29) is 35.8 Å². The number of hydrogen-bond acceptors (Lipinski definition) is 3. The molecule has 1 rings (SSSR count). The van der Waals surface area contributed by atoms with Gasteiger partial charge in [-0.2, -0.15) is 0 Å². The standard InChI is InChI=1S/C19H27FO3/c1-13(2)17(21)11-8-15(12-18(22)23-19(3,4)5)14-6-9-16(20)10-7-14/h6-7,9-10,13,15H,8,11-12H2,1-5H3/t15-/m1/s1. The summed E-state index contributed by atoms with van der Waals surface area (Å²) in [6.07, 6.45) is 1.15. The second kappa shape index (κ2) is 8.23. The predicted octanol–water partition coefficient (Wildman–Crippen LogP) is 4.65. The number of carbonyl (C=O) groups excluding carboxylic acids is 2. The topological polar surface area (TPSA) is 43.4 Å². The average Bonchev–Trinajstić information content (AvgIpc) is 2.41. The molecule has 0 aliphatic carbocycles. The molecule has 128 valence electrons. The molecular weight excluding hydrogens is 295 g/mol. The van der Waals surface area contributed by atoms with Crippen molar-refractivity contribution >= 4 is 11.8 Å². The zero-order valence-electron chi connectivity index (χ0n) is 14.7. The summed E-state index contributed by atoms with van der Waals surface area (Å²) >= 11 is 0. The maximum atomic E-state index is 13.1. The molecule has 1 aromatic rings. The van der Waals surface area contributed by atoms with Crippen molar-refractivity contribution in [2.45, 2.75) is 65.4 Å². The Morgan fingerprint density at radius 2 is 1.70 bits per heavy atom. The molecule has 0 unspecified atom stereocenters. The van der Waals surface area contributed by atoms with Gasteiger partial charge in [-0.3, -0.25) is 9.59 Å². The lowest BCUT2D eigenvalue weighted by Gasteiger charge is -2.22.